The molecule has 4 aromatic rings. The first-order chi connectivity index (χ1) is 11.2. The van der Waals surface area contributed by atoms with Gasteiger partial charge >= 0.3 is 0 Å². The third-order valence-electron chi connectivity index (χ3n) is 3.38. The van der Waals surface area contributed by atoms with Gasteiger partial charge in [-0.15, -0.1) is 15.3 Å². The average molecular weight is 326 g/mol. The quantitative estimate of drug-likeness (QED) is 0.569. The van der Waals surface area contributed by atoms with Crippen LogP contribution in [0.25, 0.3) is 17.0 Å². The van der Waals surface area contributed by atoms with E-state index in [1.807, 2.05) is 16.8 Å². The third kappa shape index (κ3) is 2.55. The van der Waals surface area contributed by atoms with Crippen LogP contribution in [0.3, 0.4) is 0 Å². The summed E-state index contributed by atoms with van der Waals surface area (Å²) in [6.07, 6.45) is 0. The number of aromatic nitrogens is 4. The summed E-state index contributed by atoms with van der Waals surface area (Å²) in [6.45, 7) is 1.70. The average Bonchev–Trinajstić information content (AvgIpc) is 3.19. The smallest absolute Gasteiger partial charge is 0.237 e. The number of benzene rings is 1. The van der Waals surface area contributed by atoms with Gasteiger partial charge in [0.15, 0.2) is 11.5 Å². The molecule has 114 valence electrons. The minimum absolute atomic E-state index is 0.313. The van der Waals surface area contributed by atoms with Gasteiger partial charge in [-0.05, 0) is 36.1 Å². The van der Waals surface area contributed by atoms with Crippen LogP contribution in [0, 0.1) is 12.7 Å². The number of hydrogen-bond donors (Lipinski definition) is 0. The number of nitrogens with zero attached hydrogens (tertiary/aromatic N) is 4. The van der Waals surface area contributed by atoms with Crippen molar-refractivity contribution in [3.8, 4) is 23.0 Å². The lowest BCUT2D eigenvalue weighted by Crippen LogP contribution is -1.97. The molecule has 0 atom stereocenters. The topological polar surface area (TPSA) is 52.3 Å². The number of ether oxygens (including phenoxy) is 1. The lowest BCUT2D eigenvalue weighted by atomic mass is 10.2. The Hall–Kier alpha value is -2.80. The van der Waals surface area contributed by atoms with E-state index < -0.39 is 0 Å². The highest BCUT2D eigenvalue weighted by Gasteiger charge is 2.11. The molecule has 3 aromatic heterocycles. The van der Waals surface area contributed by atoms with E-state index in [0.29, 0.717) is 28.7 Å². The zero-order chi connectivity index (χ0) is 15.8. The van der Waals surface area contributed by atoms with Gasteiger partial charge in [0.25, 0.3) is 0 Å². The first kappa shape index (κ1) is 13.8. The Bertz CT molecular complexity index is 981. The van der Waals surface area contributed by atoms with Crippen molar-refractivity contribution in [3.05, 3.63) is 58.5 Å². The highest BCUT2D eigenvalue weighted by atomic mass is 32.1. The van der Waals surface area contributed by atoms with E-state index in [9.17, 15) is 4.39 Å². The Morgan fingerprint density at radius 1 is 1.13 bits per heavy atom. The number of fused-ring (bicyclic) bond motifs is 1. The molecule has 0 saturated carbocycles. The summed E-state index contributed by atoms with van der Waals surface area (Å²) < 4.78 is 20.9. The maximum atomic E-state index is 13.6. The van der Waals surface area contributed by atoms with E-state index in [-0.39, 0.29) is 5.82 Å². The SMILES string of the molecule is Cc1ccc(Oc2ccc3nnc(-c4ccsc4)n3n2)cc1F. The summed E-state index contributed by atoms with van der Waals surface area (Å²) in [5, 5.41) is 16.6. The lowest BCUT2D eigenvalue weighted by Gasteiger charge is -2.06. The summed E-state index contributed by atoms with van der Waals surface area (Å²) in [4.78, 5) is 0. The normalized spacial score (nSPS) is 11.0. The highest BCUT2D eigenvalue weighted by Crippen LogP contribution is 2.24. The molecule has 0 N–H and O–H groups in total. The molecule has 3 heterocycles. The molecule has 0 bridgehead atoms. The summed E-state index contributed by atoms with van der Waals surface area (Å²) in [6, 6.07) is 10.1. The van der Waals surface area contributed by atoms with Gasteiger partial charge in [-0.25, -0.2) is 4.39 Å². The monoisotopic (exact) mass is 326 g/mol. The molecule has 0 aliphatic heterocycles. The van der Waals surface area contributed by atoms with Crippen LogP contribution in [0.1, 0.15) is 5.56 Å². The third-order valence-corrected chi connectivity index (χ3v) is 4.07. The molecular weight excluding hydrogens is 315 g/mol. The van der Waals surface area contributed by atoms with Gasteiger partial charge in [-0.2, -0.15) is 15.9 Å². The zero-order valence-electron chi connectivity index (χ0n) is 12.1. The van der Waals surface area contributed by atoms with E-state index in [4.69, 9.17) is 4.74 Å². The van der Waals surface area contributed by atoms with E-state index in [1.54, 1.807) is 47.0 Å². The number of halogens is 1. The predicted octanol–water partition coefficient (Wildman–Crippen LogP) is 4.09. The fourth-order valence-corrected chi connectivity index (χ4v) is 2.79. The molecule has 0 aliphatic rings. The highest BCUT2D eigenvalue weighted by molar-refractivity contribution is 7.08. The molecule has 1 aromatic carbocycles. The van der Waals surface area contributed by atoms with Crippen molar-refractivity contribution >= 4 is 17.0 Å². The molecule has 4 rings (SSSR count). The number of aryl methyl sites for hydroxylation is 1. The summed E-state index contributed by atoms with van der Waals surface area (Å²) >= 11 is 1.57. The summed E-state index contributed by atoms with van der Waals surface area (Å²) in [5.41, 5.74) is 2.13. The molecule has 0 aliphatic carbocycles. The molecule has 0 fully saturated rings. The van der Waals surface area contributed by atoms with E-state index in [0.717, 1.165) is 5.56 Å². The van der Waals surface area contributed by atoms with Crippen molar-refractivity contribution in [3.63, 3.8) is 0 Å². The lowest BCUT2D eigenvalue weighted by molar-refractivity contribution is 0.448. The second-order valence-electron chi connectivity index (χ2n) is 4.99. The Labute approximate surface area is 135 Å². The van der Waals surface area contributed by atoms with Crippen LogP contribution in [0.2, 0.25) is 0 Å². The van der Waals surface area contributed by atoms with Crippen LogP contribution in [0.5, 0.6) is 11.6 Å². The predicted molar refractivity (Wildman–Crippen MR) is 85.3 cm³/mol. The first-order valence-corrected chi connectivity index (χ1v) is 7.84. The number of thiophene rings is 1. The maximum Gasteiger partial charge on any atom is 0.237 e. The van der Waals surface area contributed by atoms with Crippen LogP contribution in [0.15, 0.2) is 47.2 Å². The second-order valence-corrected chi connectivity index (χ2v) is 5.77. The minimum atomic E-state index is -0.313. The Kier molecular flexibility index (Phi) is 3.27. The van der Waals surface area contributed by atoms with Crippen LogP contribution in [0.4, 0.5) is 4.39 Å². The Morgan fingerprint density at radius 3 is 2.83 bits per heavy atom. The standard InChI is InChI=1S/C16H11FN4OS/c1-10-2-3-12(8-13(10)17)22-15-5-4-14-18-19-16(21(14)20-15)11-6-7-23-9-11/h2-9H,1H3. The fourth-order valence-electron chi connectivity index (χ4n) is 2.16. The van der Waals surface area contributed by atoms with Gasteiger partial charge in [0, 0.05) is 23.1 Å². The van der Waals surface area contributed by atoms with Crippen molar-refractivity contribution < 1.29 is 9.13 Å². The van der Waals surface area contributed by atoms with Gasteiger partial charge in [0.05, 0.1) is 0 Å². The van der Waals surface area contributed by atoms with Crippen LogP contribution < -0.4 is 4.74 Å². The van der Waals surface area contributed by atoms with Crippen LogP contribution in [-0.4, -0.2) is 19.8 Å². The molecule has 0 amide bonds. The molecule has 0 radical (unpaired) electrons. The van der Waals surface area contributed by atoms with Crippen LogP contribution >= 0.6 is 11.3 Å². The molecule has 0 saturated heterocycles. The molecule has 0 unspecified atom stereocenters. The van der Waals surface area contributed by atoms with Gasteiger partial charge in [0.1, 0.15) is 11.6 Å². The number of hydrogen-bond acceptors (Lipinski definition) is 5. The van der Waals surface area contributed by atoms with Crippen molar-refractivity contribution in [1.29, 1.82) is 0 Å². The van der Waals surface area contributed by atoms with Crippen LogP contribution in [-0.2, 0) is 0 Å². The van der Waals surface area contributed by atoms with Gasteiger partial charge in [-0.1, -0.05) is 6.07 Å². The molecule has 5 nitrogen and oxygen atoms in total. The van der Waals surface area contributed by atoms with E-state index in [2.05, 4.69) is 15.3 Å². The first-order valence-electron chi connectivity index (χ1n) is 6.90. The molecule has 7 heteroatoms. The Morgan fingerprint density at radius 2 is 2.04 bits per heavy atom. The minimum Gasteiger partial charge on any atom is -0.437 e. The van der Waals surface area contributed by atoms with Gasteiger partial charge in [-0.3, -0.25) is 0 Å². The van der Waals surface area contributed by atoms with Crippen molar-refractivity contribution in [2.24, 2.45) is 0 Å². The second kappa shape index (κ2) is 5.44. The van der Waals surface area contributed by atoms with Gasteiger partial charge in [0.2, 0.25) is 5.88 Å². The van der Waals surface area contributed by atoms with Crippen molar-refractivity contribution in [1.82, 2.24) is 19.8 Å². The zero-order valence-corrected chi connectivity index (χ0v) is 12.9. The fraction of sp³-hybridized carbons (Fsp3) is 0.0625. The largest absolute Gasteiger partial charge is 0.437 e. The Balaban J connectivity index is 1.73. The summed E-state index contributed by atoms with van der Waals surface area (Å²) in [7, 11) is 0. The van der Waals surface area contributed by atoms with Crippen molar-refractivity contribution in [2.75, 3.05) is 0 Å². The molecular formula is C16H11FN4OS. The van der Waals surface area contributed by atoms with Gasteiger partial charge < -0.3 is 4.74 Å². The summed E-state index contributed by atoms with van der Waals surface area (Å²) in [5.74, 6) is 1.07. The number of rotatable bonds is 3. The van der Waals surface area contributed by atoms with Crippen molar-refractivity contribution in [2.45, 2.75) is 6.92 Å². The van der Waals surface area contributed by atoms with E-state index in [1.165, 1.54) is 6.07 Å². The maximum absolute atomic E-state index is 13.6. The van der Waals surface area contributed by atoms with E-state index >= 15 is 0 Å². The molecule has 23 heavy (non-hydrogen) atoms. The molecule has 0 spiro atoms.